The molecule has 3 nitrogen and oxygen atoms in total. The highest BCUT2D eigenvalue weighted by atomic mass is 19.4. The molecular formula is C6F12O3. The highest BCUT2D eigenvalue weighted by Gasteiger charge is 2.75. The van der Waals surface area contributed by atoms with Gasteiger partial charge < -0.3 is 0 Å². The maximum atomic E-state index is 12.7. The monoisotopic (exact) mass is 348 g/mol. The summed E-state index contributed by atoms with van der Waals surface area (Å²) in [5.74, 6) is -6.63. The summed E-state index contributed by atoms with van der Waals surface area (Å²) in [6.45, 7) is 0. The molecule has 0 aromatic carbocycles. The SMILES string of the molecule is O=C(F)C(F)(OC(F)(F)C(F)(F)OC(F)(F)F)C(F)(F)F. The smallest absolute Gasteiger partial charge is 0.259 e. The number of alkyl halides is 11. The summed E-state index contributed by atoms with van der Waals surface area (Å²) < 4.78 is 147. The lowest BCUT2D eigenvalue weighted by Crippen LogP contribution is -2.58. The van der Waals surface area contributed by atoms with Gasteiger partial charge in [0.15, 0.2) is 0 Å². The standard InChI is InChI=1S/C6F12O3/c7-1(19)2(8,3(9,10)11)20-4(12,13)5(14,15)21-6(16,17)18. The van der Waals surface area contributed by atoms with Crippen LogP contribution in [0.15, 0.2) is 0 Å². The minimum atomic E-state index is -7.01. The van der Waals surface area contributed by atoms with E-state index in [-0.39, 0.29) is 0 Å². The van der Waals surface area contributed by atoms with E-state index in [0.717, 1.165) is 0 Å². The third kappa shape index (κ3) is 4.36. The molecular weight excluding hydrogens is 348 g/mol. The number of hydrogen-bond donors (Lipinski definition) is 0. The van der Waals surface area contributed by atoms with Crippen molar-refractivity contribution in [3.8, 4) is 0 Å². The van der Waals surface area contributed by atoms with Crippen LogP contribution in [0.3, 0.4) is 0 Å². The molecule has 1 unspecified atom stereocenters. The van der Waals surface area contributed by atoms with Gasteiger partial charge >= 0.3 is 36.6 Å². The van der Waals surface area contributed by atoms with Crippen molar-refractivity contribution in [3.05, 3.63) is 0 Å². The van der Waals surface area contributed by atoms with Gasteiger partial charge in [-0.25, -0.2) is 4.74 Å². The summed E-state index contributed by atoms with van der Waals surface area (Å²) in [5.41, 5.74) is 0. The number of carbonyl (C=O) groups is 1. The molecule has 0 radical (unpaired) electrons. The Hall–Kier alpha value is -1.25. The molecule has 0 spiro atoms. The zero-order chi connectivity index (χ0) is 17.5. The molecule has 0 aliphatic heterocycles. The predicted octanol–water partition coefficient (Wildman–Crippen LogP) is 3.45. The lowest BCUT2D eigenvalue weighted by molar-refractivity contribution is -0.527. The first-order chi connectivity index (χ1) is 8.86. The Morgan fingerprint density at radius 1 is 0.667 bits per heavy atom. The second-order valence-corrected chi connectivity index (χ2v) is 3.05. The molecule has 0 aliphatic carbocycles. The van der Waals surface area contributed by atoms with Gasteiger partial charge in [-0.15, -0.1) is 13.2 Å². The minimum absolute atomic E-state index is 1.45. The highest BCUT2D eigenvalue weighted by Crippen LogP contribution is 2.47. The normalized spacial score (nSPS) is 17.5. The van der Waals surface area contributed by atoms with Crippen molar-refractivity contribution in [1.29, 1.82) is 0 Å². The van der Waals surface area contributed by atoms with Gasteiger partial charge in [-0.2, -0.15) is 39.5 Å². The average Bonchev–Trinajstić information content (AvgIpc) is 2.09. The fourth-order valence-electron chi connectivity index (χ4n) is 0.650. The molecule has 0 saturated heterocycles. The van der Waals surface area contributed by atoms with E-state index in [9.17, 15) is 57.5 Å². The largest absolute Gasteiger partial charge is 0.527 e. The lowest BCUT2D eigenvalue weighted by Gasteiger charge is -2.31. The first-order valence-electron chi connectivity index (χ1n) is 4.04. The van der Waals surface area contributed by atoms with Crippen molar-refractivity contribution < 1.29 is 67.0 Å². The molecule has 0 saturated carbocycles. The van der Waals surface area contributed by atoms with E-state index in [0.29, 0.717) is 0 Å². The molecule has 0 heterocycles. The Labute approximate surface area is 105 Å². The Balaban J connectivity index is 5.58. The van der Waals surface area contributed by atoms with Crippen molar-refractivity contribution in [2.75, 3.05) is 0 Å². The van der Waals surface area contributed by atoms with E-state index in [1.54, 1.807) is 4.74 Å². The minimum Gasteiger partial charge on any atom is -0.259 e. The Bertz CT molecular complexity index is 397. The summed E-state index contributed by atoms with van der Waals surface area (Å²) in [6, 6.07) is -4.35. The number of rotatable bonds is 5. The lowest BCUT2D eigenvalue weighted by atomic mass is 10.3. The first-order valence-corrected chi connectivity index (χ1v) is 4.04. The number of ether oxygens (including phenoxy) is 2. The zero-order valence-electron chi connectivity index (χ0n) is 8.76. The number of hydrogen-bond acceptors (Lipinski definition) is 3. The summed E-state index contributed by atoms with van der Waals surface area (Å²) in [7, 11) is 0. The van der Waals surface area contributed by atoms with Crippen molar-refractivity contribution in [2.45, 2.75) is 30.6 Å². The van der Waals surface area contributed by atoms with Crippen LogP contribution in [0.5, 0.6) is 0 Å². The van der Waals surface area contributed by atoms with Gasteiger partial charge in [0.05, 0.1) is 0 Å². The van der Waals surface area contributed by atoms with E-state index in [2.05, 4.69) is 0 Å². The fourth-order valence-corrected chi connectivity index (χ4v) is 0.650. The molecule has 21 heavy (non-hydrogen) atoms. The zero-order valence-corrected chi connectivity index (χ0v) is 8.76. The molecule has 126 valence electrons. The van der Waals surface area contributed by atoms with E-state index >= 15 is 0 Å². The van der Waals surface area contributed by atoms with Crippen LogP contribution in [-0.4, -0.2) is 36.6 Å². The van der Waals surface area contributed by atoms with Crippen molar-refractivity contribution >= 4 is 6.04 Å². The topological polar surface area (TPSA) is 35.5 Å². The van der Waals surface area contributed by atoms with E-state index in [4.69, 9.17) is 0 Å². The van der Waals surface area contributed by atoms with Crippen molar-refractivity contribution in [2.24, 2.45) is 0 Å². The van der Waals surface area contributed by atoms with E-state index < -0.39 is 36.6 Å². The molecule has 1 atom stereocenters. The van der Waals surface area contributed by atoms with Crippen LogP contribution in [0.1, 0.15) is 0 Å². The second kappa shape index (κ2) is 5.19. The Morgan fingerprint density at radius 2 is 1.00 bits per heavy atom. The van der Waals surface area contributed by atoms with Gasteiger partial charge in [-0.05, 0) is 0 Å². The maximum Gasteiger partial charge on any atom is 0.527 e. The average molecular weight is 348 g/mol. The summed E-state index contributed by atoms with van der Waals surface area (Å²) in [4.78, 5) is 9.67. The number of halogens is 12. The van der Waals surface area contributed by atoms with E-state index in [1.807, 2.05) is 0 Å². The van der Waals surface area contributed by atoms with Gasteiger partial charge in [0.25, 0.3) is 0 Å². The quantitative estimate of drug-likeness (QED) is 0.564. The third-order valence-corrected chi connectivity index (χ3v) is 1.47. The second-order valence-electron chi connectivity index (χ2n) is 3.05. The maximum absolute atomic E-state index is 12.7. The van der Waals surface area contributed by atoms with Gasteiger partial charge in [0, 0.05) is 0 Å². The van der Waals surface area contributed by atoms with Crippen molar-refractivity contribution in [3.63, 3.8) is 0 Å². The van der Waals surface area contributed by atoms with Gasteiger partial charge in [0.1, 0.15) is 0 Å². The molecule has 0 amide bonds. The van der Waals surface area contributed by atoms with Crippen LogP contribution in [-0.2, 0) is 14.3 Å². The third-order valence-electron chi connectivity index (χ3n) is 1.47. The van der Waals surface area contributed by atoms with Crippen LogP contribution in [0.2, 0.25) is 0 Å². The summed E-state index contributed by atoms with van der Waals surface area (Å²) in [6.07, 6.45) is -27.3. The van der Waals surface area contributed by atoms with Gasteiger partial charge in [-0.1, -0.05) is 0 Å². The molecule has 0 fully saturated rings. The molecule has 0 bridgehead atoms. The van der Waals surface area contributed by atoms with Crippen LogP contribution < -0.4 is 0 Å². The molecule has 0 N–H and O–H groups in total. The Kier molecular flexibility index (Phi) is 4.88. The van der Waals surface area contributed by atoms with Crippen molar-refractivity contribution in [1.82, 2.24) is 0 Å². The van der Waals surface area contributed by atoms with Crippen LogP contribution >= 0.6 is 0 Å². The summed E-state index contributed by atoms with van der Waals surface area (Å²) in [5, 5.41) is 0. The van der Waals surface area contributed by atoms with Gasteiger partial charge in [-0.3, -0.25) is 9.53 Å². The van der Waals surface area contributed by atoms with E-state index in [1.165, 1.54) is 4.74 Å². The van der Waals surface area contributed by atoms with Gasteiger partial charge in [0.2, 0.25) is 0 Å². The summed E-state index contributed by atoms with van der Waals surface area (Å²) >= 11 is 0. The first kappa shape index (κ1) is 19.8. The molecule has 0 aliphatic rings. The predicted molar refractivity (Wildman–Crippen MR) is 34.1 cm³/mol. The van der Waals surface area contributed by atoms with Crippen LogP contribution in [0.4, 0.5) is 52.7 Å². The Morgan fingerprint density at radius 3 is 1.24 bits per heavy atom. The molecule has 15 heteroatoms. The van der Waals surface area contributed by atoms with Crippen LogP contribution in [0.25, 0.3) is 0 Å². The highest BCUT2D eigenvalue weighted by molar-refractivity contribution is 5.77. The molecule has 0 aromatic rings. The number of carbonyl (C=O) groups excluding carboxylic acids is 1. The fraction of sp³-hybridized carbons (Fsp3) is 0.833. The van der Waals surface area contributed by atoms with Crippen LogP contribution in [0, 0.1) is 0 Å². The molecule has 0 rings (SSSR count). The molecule has 0 aromatic heterocycles.